The number of nitrogens with zero attached hydrogens (tertiary/aromatic N) is 2. The van der Waals surface area contributed by atoms with Gasteiger partial charge in [0.1, 0.15) is 0 Å². The number of aliphatic hydroxyl groups is 1. The van der Waals surface area contributed by atoms with E-state index in [1.165, 1.54) is 11.3 Å². The normalized spacial score (nSPS) is 11.9. The molecule has 3 aromatic rings. The van der Waals surface area contributed by atoms with Gasteiger partial charge in [-0.25, -0.2) is 4.99 Å². The maximum absolute atomic E-state index is 9.40. The number of rotatable bonds is 4. The van der Waals surface area contributed by atoms with E-state index in [-0.39, 0.29) is 6.61 Å². The minimum Gasteiger partial charge on any atom is -0.395 e. The van der Waals surface area contributed by atoms with Crippen molar-refractivity contribution in [3.8, 4) is 11.3 Å². The minimum atomic E-state index is 0.0298. The molecule has 0 bridgehead atoms. The van der Waals surface area contributed by atoms with Gasteiger partial charge in [0, 0.05) is 27.5 Å². The van der Waals surface area contributed by atoms with Gasteiger partial charge in [-0.05, 0) is 30.3 Å². The number of hydrogen-bond donors (Lipinski definition) is 1. The second-order valence-corrected chi connectivity index (χ2v) is 6.53. The molecule has 0 atom stereocenters. The highest BCUT2D eigenvalue weighted by molar-refractivity contribution is 7.07. The Hall–Kier alpha value is -1.59. The van der Waals surface area contributed by atoms with Gasteiger partial charge in [-0.3, -0.25) is 0 Å². The summed E-state index contributed by atoms with van der Waals surface area (Å²) in [5.41, 5.74) is 2.69. The van der Waals surface area contributed by atoms with Crippen molar-refractivity contribution in [1.82, 2.24) is 4.57 Å². The topological polar surface area (TPSA) is 37.5 Å². The summed E-state index contributed by atoms with van der Waals surface area (Å²) in [6.45, 7) is 0.485. The molecule has 3 rings (SSSR count). The van der Waals surface area contributed by atoms with E-state index in [0.29, 0.717) is 16.6 Å². The summed E-state index contributed by atoms with van der Waals surface area (Å²) in [5.74, 6) is 0. The molecule has 3 nitrogen and oxygen atoms in total. The third kappa shape index (κ3) is 3.67. The first kappa shape index (κ1) is 16.3. The van der Waals surface area contributed by atoms with E-state index >= 15 is 0 Å². The van der Waals surface area contributed by atoms with Crippen molar-refractivity contribution >= 4 is 40.2 Å². The molecule has 0 saturated carbocycles. The molecule has 118 valence electrons. The summed E-state index contributed by atoms with van der Waals surface area (Å²) in [5, 5.41) is 12.8. The Morgan fingerprint density at radius 1 is 1.04 bits per heavy atom. The molecular formula is C17H14Cl2N2OS. The fourth-order valence-corrected chi connectivity index (χ4v) is 3.55. The molecule has 0 saturated heterocycles. The minimum absolute atomic E-state index is 0.0298. The summed E-state index contributed by atoms with van der Waals surface area (Å²) < 4.78 is 1.97. The third-order valence-corrected chi connectivity index (χ3v) is 4.77. The Kier molecular flexibility index (Phi) is 5.18. The Bertz CT molecular complexity index is 869. The molecule has 0 aliphatic heterocycles. The molecule has 0 unspecified atom stereocenters. The molecule has 0 aliphatic carbocycles. The second kappa shape index (κ2) is 7.32. The van der Waals surface area contributed by atoms with Crippen LogP contribution >= 0.6 is 34.5 Å². The van der Waals surface area contributed by atoms with Crippen LogP contribution in [0.1, 0.15) is 0 Å². The average Bonchev–Trinajstić information content (AvgIpc) is 2.93. The van der Waals surface area contributed by atoms with Crippen molar-refractivity contribution in [1.29, 1.82) is 0 Å². The van der Waals surface area contributed by atoms with Crippen LogP contribution in [0.5, 0.6) is 0 Å². The van der Waals surface area contributed by atoms with E-state index in [1.54, 1.807) is 12.1 Å². The van der Waals surface area contributed by atoms with E-state index in [1.807, 2.05) is 46.3 Å². The van der Waals surface area contributed by atoms with E-state index < -0.39 is 0 Å². The van der Waals surface area contributed by atoms with Gasteiger partial charge >= 0.3 is 0 Å². The largest absolute Gasteiger partial charge is 0.395 e. The van der Waals surface area contributed by atoms with Crippen LogP contribution in [-0.2, 0) is 6.54 Å². The molecule has 1 aromatic heterocycles. The molecular weight excluding hydrogens is 351 g/mol. The van der Waals surface area contributed by atoms with Gasteiger partial charge in [0.05, 0.1) is 18.0 Å². The summed E-state index contributed by atoms with van der Waals surface area (Å²) in [4.78, 5) is 5.45. The molecule has 0 aliphatic rings. The number of hydrogen-bond acceptors (Lipinski definition) is 3. The molecule has 1 N–H and O–H groups in total. The monoisotopic (exact) mass is 364 g/mol. The van der Waals surface area contributed by atoms with Gasteiger partial charge in [-0.2, -0.15) is 0 Å². The highest BCUT2D eigenvalue weighted by atomic mass is 35.5. The lowest BCUT2D eigenvalue weighted by molar-refractivity contribution is 0.275. The molecule has 0 radical (unpaired) electrons. The van der Waals surface area contributed by atoms with Crippen LogP contribution in [0.2, 0.25) is 10.0 Å². The average molecular weight is 365 g/mol. The summed E-state index contributed by atoms with van der Waals surface area (Å²) in [6, 6.07) is 15.0. The predicted octanol–water partition coefficient (Wildman–Crippen LogP) is 4.75. The first-order chi connectivity index (χ1) is 11.2. The smallest absolute Gasteiger partial charge is 0.190 e. The highest BCUT2D eigenvalue weighted by Gasteiger charge is 2.10. The molecule has 0 fully saturated rings. The van der Waals surface area contributed by atoms with Crippen LogP contribution in [0, 0.1) is 0 Å². The highest BCUT2D eigenvalue weighted by Crippen LogP contribution is 2.28. The number of aromatic nitrogens is 1. The van der Waals surface area contributed by atoms with Crippen molar-refractivity contribution in [2.24, 2.45) is 4.99 Å². The molecule has 6 heteroatoms. The zero-order chi connectivity index (χ0) is 16.2. The first-order valence-corrected chi connectivity index (χ1v) is 8.67. The van der Waals surface area contributed by atoms with Crippen molar-refractivity contribution in [3.05, 3.63) is 68.8 Å². The Balaban J connectivity index is 2.12. The van der Waals surface area contributed by atoms with E-state index in [2.05, 4.69) is 4.99 Å². The summed E-state index contributed by atoms with van der Waals surface area (Å²) in [7, 11) is 0. The van der Waals surface area contributed by atoms with Gasteiger partial charge in [-0.15, -0.1) is 11.3 Å². The Morgan fingerprint density at radius 2 is 1.78 bits per heavy atom. The maximum atomic E-state index is 9.40. The number of halogens is 2. The van der Waals surface area contributed by atoms with Crippen molar-refractivity contribution in [2.45, 2.75) is 6.54 Å². The third-order valence-electron chi connectivity index (χ3n) is 3.32. The summed E-state index contributed by atoms with van der Waals surface area (Å²) in [6.07, 6.45) is 0. The van der Waals surface area contributed by atoms with Gasteiger partial charge in [0.2, 0.25) is 0 Å². The lowest BCUT2D eigenvalue weighted by Gasteiger charge is -2.08. The molecule has 2 aromatic carbocycles. The number of aliphatic hydroxyl groups excluding tert-OH is 1. The zero-order valence-corrected chi connectivity index (χ0v) is 14.4. The number of thiazole rings is 1. The van der Waals surface area contributed by atoms with Crippen molar-refractivity contribution < 1.29 is 5.11 Å². The van der Waals surface area contributed by atoms with Crippen LogP contribution < -0.4 is 4.80 Å². The van der Waals surface area contributed by atoms with Crippen LogP contribution in [0.15, 0.2) is 58.9 Å². The fourth-order valence-electron chi connectivity index (χ4n) is 2.25. The SMILES string of the molecule is OCCn1c(-c2ccccc2Cl)csc1=Nc1ccc(Cl)cc1. The lowest BCUT2D eigenvalue weighted by atomic mass is 10.2. The quantitative estimate of drug-likeness (QED) is 0.712. The van der Waals surface area contributed by atoms with Gasteiger partial charge < -0.3 is 9.67 Å². The van der Waals surface area contributed by atoms with Crippen LogP contribution in [-0.4, -0.2) is 16.3 Å². The standard InChI is InChI=1S/C17H14Cl2N2OS/c18-12-5-7-13(8-6-12)20-17-21(9-10-22)16(11-23-17)14-3-1-2-4-15(14)19/h1-8,11,22H,9-10H2. The van der Waals surface area contributed by atoms with Gasteiger partial charge in [0.25, 0.3) is 0 Å². The molecule has 0 spiro atoms. The Morgan fingerprint density at radius 3 is 2.48 bits per heavy atom. The molecule has 1 heterocycles. The molecule has 23 heavy (non-hydrogen) atoms. The van der Waals surface area contributed by atoms with Crippen LogP contribution in [0.4, 0.5) is 5.69 Å². The second-order valence-electron chi connectivity index (χ2n) is 4.85. The maximum Gasteiger partial charge on any atom is 0.190 e. The van der Waals surface area contributed by atoms with Gasteiger partial charge in [-0.1, -0.05) is 41.4 Å². The first-order valence-electron chi connectivity index (χ1n) is 7.03. The fraction of sp³-hybridized carbons (Fsp3) is 0.118. The van der Waals surface area contributed by atoms with Crippen molar-refractivity contribution in [2.75, 3.05) is 6.61 Å². The lowest BCUT2D eigenvalue weighted by Crippen LogP contribution is -2.17. The van der Waals surface area contributed by atoms with E-state index in [0.717, 1.165) is 21.7 Å². The predicted molar refractivity (Wildman–Crippen MR) is 96.5 cm³/mol. The van der Waals surface area contributed by atoms with E-state index in [9.17, 15) is 5.11 Å². The zero-order valence-electron chi connectivity index (χ0n) is 12.1. The Labute approximate surface area is 148 Å². The van der Waals surface area contributed by atoms with Crippen molar-refractivity contribution in [3.63, 3.8) is 0 Å². The van der Waals surface area contributed by atoms with Crippen LogP contribution in [0.25, 0.3) is 11.3 Å². The summed E-state index contributed by atoms with van der Waals surface area (Å²) >= 11 is 13.7. The van der Waals surface area contributed by atoms with E-state index in [4.69, 9.17) is 23.2 Å². The number of benzene rings is 2. The molecule has 0 amide bonds. The van der Waals surface area contributed by atoms with Gasteiger partial charge in [0.15, 0.2) is 4.80 Å². The van der Waals surface area contributed by atoms with Crippen LogP contribution in [0.3, 0.4) is 0 Å².